The molecule has 0 spiro atoms. The van der Waals surface area contributed by atoms with E-state index in [0.717, 1.165) is 28.1 Å². The molecule has 4 heteroatoms. The van der Waals surface area contributed by atoms with E-state index in [1.54, 1.807) is 0 Å². The maximum Gasteiger partial charge on any atom is 0.212 e. The number of fused-ring (bicyclic) bond motifs is 6. The lowest BCUT2D eigenvalue weighted by Crippen LogP contribution is -1.92. The second-order valence-electron chi connectivity index (χ2n) is 7.88. The Morgan fingerprint density at radius 1 is 0.645 bits per heavy atom. The molecular weight excluding hydrogens is 380 g/mol. The molecule has 0 bridgehead atoms. The quantitative estimate of drug-likeness (QED) is 0.351. The topological polar surface area (TPSA) is 38.0 Å². The second kappa shape index (κ2) is 6.09. The Labute approximate surface area is 178 Å². The fourth-order valence-electron chi connectivity index (χ4n) is 4.69. The van der Waals surface area contributed by atoms with Gasteiger partial charge in [-0.25, -0.2) is 4.98 Å². The molecule has 4 nitrogen and oxygen atoms in total. The van der Waals surface area contributed by atoms with Gasteiger partial charge < -0.3 is 9.55 Å². The number of hydrogen-bond donors (Lipinski definition) is 1. The van der Waals surface area contributed by atoms with Crippen molar-refractivity contribution in [2.75, 3.05) is 0 Å². The maximum absolute atomic E-state index is 4.87. The van der Waals surface area contributed by atoms with Gasteiger partial charge in [-0.3, -0.25) is 4.40 Å². The van der Waals surface area contributed by atoms with Crippen molar-refractivity contribution in [3.8, 4) is 16.9 Å². The van der Waals surface area contributed by atoms with Gasteiger partial charge in [0.15, 0.2) is 0 Å². The van der Waals surface area contributed by atoms with Crippen LogP contribution in [-0.4, -0.2) is 18.9 Å². The predicted octanol–water partition coefficient (Wildman–Crippen LogP) is 6.58. The van der Waals surface area contributed by atoms with E-state index < -0.39 is 0 Å². The second-order valence-corrected chi connectivity index (χ2v) is 7.88. The molecule has 0 fully saturated rings. The Morgan fingerprint density at radius 2 is 1.39 bits per heavy atom. The Kier molecular flexibility index (Phi) is 3.24. The Hall–Kier alpha value is -4.31. The normalized spacial score (nSPS) is 11.9. The standard InChI is InChI=1S/C27H18N4/c1-2-8-19(9-3-1)31-24-12-6-4-10-20(24)21-16-18(14-15-25(21)31)23-17-30-26-13-7-5-11-22(26)28-27(30)29-23/h1-17H,(H,28,29). The average molecular weight is 398 g/mol. The zero-order valence-corrected chi connectivity index (χ0v) is 16.7. The number of hydrogen-bond acceptors (Lipinski definition) is 1. The molecule has 0 aliphatic heterocycles. The number of H-pyrrole nitrogens is 1. The van der Waals surface area contributed by atoms with Crippen molar-refractivity contribution in [1.82, 2.24) is 18.9 Å². The highest BCUT2D eigenvalue weighted by molar-refractivity contribution is 6.10. The van der Waals surface area contributed by atoms with Gasteiger partial charge in [-0.2, -0.15) is 0 Å². The zero-order valence-electron chi connectivity index (χ0n) is 16.7. The van der Waals surface area contributed by atoms with E-state index >= 15 is 0 Å². The molecule has 31 heavy (non-hydrogen) atoms. The molecular formula is C27H18N4. The summed E-state index contributed by atoms with van der Waals surface area (Å²) in [7, 11) is 0. The third kappa shape index (κ3) is 2.33. The zero-order chi connectivity index (χ0) is 20.4. The van der Waals surface area contributed by atoms with Crippen molar-refractivity contribution >= 4 is 38.6 Å². The molecule has 0 aliphatic carbocycles. The summed E-state index contributed by atoms with van der Waals surface area (Å²) in [5.41, 5.74) is 7.90. The molecule has 0 saturated carbocycles. The van der Waals surface area contributed by atoms with Gasteiger partial charge in [-0.15, -0.1) is 0 Å². The average Bonchev–Trinajstić information content (AvgIpc) is 3.48. The van der Waals surface area contributed by atoms with E-state index in [4.69, 9.17) is 4.98 Å². The lowest BCUT2D eigenvalue weighted by atomic mass is 10.1. The minimum Gasteiger partial charge on any atom is -0.323 e. The number of nitrogens with zero attached hydrogens (tertiary/aromatic N) is 3. The summed E-state index contributed by atoms with van der Waals surface area (Å²) in [6.45, 7) is 0. The van der Waals surface area contributed by atoms with Crippen LogP contribution >= 0.6 is 0 Å². The highest BCUT2D eigenvalue weighted by Gasteiger charge is 2.14. The largest absolute Gasteiger partial charge is 0.323 e. The Morgan fingerprint density at radius 3 is 2.29 bits per heavy atom. The molecule has 7 rings (SSSR count). The van der Waals surface area contributed by atoms with Crippen LogP contribution in [0.25, 0.3) is 55.6 Å². The monoisotopic (exact) mass is 398 g/mol. The molecule has 4 aromatic carbocycles. The minimum atomic E-state index is 0.864. The first kappa shape index (κ1) is 16.5. The third-order valence-corrected chi connectivity index (χ3v) is 6.10. The molecule has 0 atom stereocenters. The molecule has 0 amide bonds. The van der Waals surface area contributed by atoms with Gasteiger partial charge in [0.25, 0.3) is 0 Å². The number of benzene rings is 4. The van der Waals surface area contributed by atoms with Crippen molar-refractivity contribution < 1.29 is 0 Å². The van der Waals surface area contributed by atoms with Crippen LogP contribution in [0.4, 0.5) is 0 Å². The minimum absolute atomic E-state index is 0.864. The fourth-order valence-corrected chi connectivity index (χ4v) is 4.69. The van der Waals surface area contributed by atoms with Crippen LogP contribution in [0.2, 0.25) is 0 Å². The van der Waals surface area contributed by atoms with E-state index in [9.17, 15) is 0 Å². The smallest absolute Gasteiger partial charge is 0.212 e. The van der Waals surface area contributed by atoms with Crippen molar-refractivity contribution in [3.05, 3.63) is 103 Å². The summed E-state index contributed by atoms with van der Waals surface area (Å²) < 4.78 is 4.46. The molecule has 0 aliphatic rings. The number of para-hydroxylation sites is 4. The number of aromatic nitrogens is 4. The summed E-state index contributed by atoms with van der Waals surface area (Å²) in [6.07, 6.45) is 2.12. The van der Waals surface area contributed by atoms with Crippen LogP contribution in [0.3, 0.4) is 0 Å². The third-order valence-electron chi connectivity index (χ3n) is 6.10. The first-order chi connectivity index (χ1) is 15.4. The van der Waals surface area contributed by atoms with Gasteiger partial charge in [0.05, 0.1) is 27.8 Å². The Bertz CT molecular complexity index is 1730. The molecule has 146 valence electrons. The highest BCUT2D eigenvalue weighted by Crippen LogP contribution is 2.34. The molecule has 1 N–H and O–H groups in total. The van der Waals surface area contributed by atoms with E-state index in [-0.39, 0.29) is 0 Å². The van der Waals surface area contributed by atoms with Gasteiger partial charge in [-0.1, -0.05) is 54.6 Å². The van der Waals surface area contributed by atoms with Crippen molar-refractivity contribution in [3.63, 3.8) is 0 Å². The van der Waals surface area contributed by atoms with Crippen molar-refractivity contribution in [2.24, 2.45) is 0 Å². The lowest BCUT2D eigenvalue weighted by molar-refractivity contribution is 1.18. The van der Waals surface area contributed by atoms with Crippen molar-refractivity contribution in [2.45, 2.75) is 0 Å². The summed E-state index contributed by atoms with van der Waals surface area (Å²) in [4.78, 5) is 8.28. The van der Waals surface area contributed by atoms with Crippen LogP contribution in [0.5, 0.6) is 0 Å². The molecule has 7 aromatic rings. The maximum atomic E-state index is 4.87. The van der Waals surface area contributed by atoms with Crippen LogP contribution in [0, 0.1) is 0 Å². The molecule has 0 radical (unpaired) electrons. The summed E-state index contributed by atoms with van der Waals surface area (Å²) in [5.74, 6) is 0.864. The number of imidazole rings is 2. The van der Waals surface area contributed by atoms with Gasteiger partial charge in [-0.05, 0) is 42.5 Å². The lowest BCUT2D eigenvalue weighted by Gasteiger charge is -2.07. The first-order valence-electron chi connectivity index (χ1n) is 10.4. The van der Waals surface area contributed by atoms with Crippen LogP contribution in [0.15, 0.2) is 103 Å². The summed E-state index contributed by atoms with van der Waals surface area (Å²) in [5, 5.41) is 2.48. The van der Waals surface area contributed by atoms with E-state index in [2.05, 4.69) is 111 Å². The summed E-state index contributed by atoms with van der Waals surface area (Å²) in [6, 6.07) is 34.1. The highest BCUT2D eigenvalue weighted by atomic mass is 15.1. The SMILES string of the molecule is c1ccc(-n2c3ccccc3c3cc(-c4cn5c(n4)[nH]c4ccccc45)ccc32)cc1. The van der Waals surface area contributed by atoms with Gasteiger partial charge >= 0.3 is 0 Å². The predicted molar refractivity (Wildman–Crippen MR) is 127 cm³/mol. The van der Waals surface area contributed by atoms with E-state index in [1.807, 2.05) is 6.07 Å². The van der Waals surface area contributed by atoms with Crippen LogP contribution < -0.4 is 0 Å². The van der Waals surface area contributed by atoms with Crippen LogP contribution in [-0.2, 0) is 0 Å². The van der Waals surface area contributed by atoms with Gasteiger partial charge in [0, 0.05) is 28.2 Å². The first-order valence-corrected chi connectivity index (χ1v) is 10.4. The number of rotatable bonds is 2. The van der Waals surface area contributed by atoms with Gasteiger partial charge in [0.1, 0.15) is 0 Å². The molecule has 0 saturated heterocycles. The fraction of sp³-hybridized carbons (Fsp3) is 0. The molecule has 3 aromatic heterocycles. The molecule has 3 heterocycles. The number of nitrogens with one attached hydrogen (secondary N) is 1. The number of aromatic amines is 1. The van der Waals surface area contributed by atoms with E-state index in [0.29, 0.717) is 0 Å². The molecule has 0 unspecified atom stereocenters. The van der Waals surface area contributed by atoms with E-state index in [1.165, 1.54) is 27.5 Å². The van der Waals surface area contributed by atoms with Crippen LogP contribution in [0.1, 0.15) is 0 Å². The summed E-state index contributed by atoms with van der Waals surface area (Å²) >= 11 is 0. The van der Waals surface area contributed by atoms with Gasteiger partial charge in [0.2, 0.25) is 5.78 Å². The van der Waals surface area contributed by atoms with Crippen molar-refractivity contribution in [1.29, 1.82) is 0 Å². The Balaban J connectivity index is 1.48.